The van der Waals surface area contributed by atoms with Crippen LogP contribution in [0.2, 0.25) is 0 Å². The van der Waals surface area contributed by atoms with E-state index in [0.717, 1.165) is 16.8 Å². The van der Waals surface area contributed by atoms with Gasteiger partial charge in [-0.25, -0.2) is 4.79 Å². The number of rotatable bonds is 4. The van der Waals surface area contributed by atoms with Gasteiger partial charge in [-0.1, -0.05) is 23.8 Å². The molecule has 1 atom stereocenters. The summed E-state index contributed by atoms with van der Waals surface area (Å²) < 4.78 is 10.6. The highest BCUT2D eigenvalue weighted by atomic mass is 16.7. The van der Waals surface area contributed by atoms with E-state index < -0.39 is 0 Å². The highest BCUT2D eigenvalue weighted by Crippen LogP contribution is 2.32. The Balaban J connectivity index is 1.29. The van der Waals surface area contributed by atoms with E-state index in [2.05, 4.69) is 10.6 Å². The van der Waals surface area contributed by atoms with Gasteiger partial charge in [0.05, 0.1) is 6.04 Å². The van der Waals surface area contributed by atoms with Gasteiger partial charge in [-0.2, -0.15) is 0 Å². The van der Waals surface area contributed by atoms with Crippen LogP contribution in [0.4, 0.5) is 10.5 Å². The molecule has 7 nitrogen and oxygen atoms in total. The lowest BCUT2D eigenvalue weighted by molar-refractivity contribution is -0.117. The number of amides is 3. The average molecular weight is 367 g/mol. The molecule has 2 N–H and O–H groups in total. The number of benzene rings is 2. The van der Waals surface area contributed by atoms with E-state index in [1.807, 2.05) is 49.4 Å². The third-order valence-electron chi connectivity index (χ3n) is 4.70. The fourth-order valence-corrected chi connectivity index (χ4v) is 3.25. The molecular weight excluding hydrogens is 346 g/mol. The Hall–Kier alpha value is -3.22. The van der Waals surface area contributed by atoms with Crippen molar-refractivity contribution < 1.29 is 19.1 Å². The minimum atomic E-state index is -0.295. The molecule has 4 rings (SSSR count). The second kappa shape index (κ2) is 7.19. The first-order valence-electron chi connectivity index (χ1n) is 8.88. The van der Waals surface area contributed by atoms with Gasteiger partial charge in [-0.05, 0) is 36.8 Å². The molecule has 0 saturated carbocycles. The van der Waals surface area contributed by atoms with E-state index in [0.29, 0.717) is 31.0 Å². The molecular formula is C20H21N3O4. The van der Waals surface area contributed by atoms with E-state index in [9.17, 15) is 9.59 Å². The summed E-state index contributed by atoms with van der Waals surface area (Å²) in [6.07, 6.45) is 0.297. The Kier molecular flexibility index (Phi) is 4.58. The van der Waals surface area contributed by atoms with Gasteiger partial charge >= 0.3 is 6.03 Å². The molecule has 3 amide bonds. The molecule has 2 aliphatic heterocycles. The normalized spacial score (nSPS) is 17.9. The summed E-state index contributed by atoms with van der Waals surface area (Å²) >= 11 is 0. The zero-order valence-corrected chi connectivity index (χ0v) is 15.0. The predicted octanol–water partition coefficient (Wildman–Crippen LogP) is 2.33. The minimum absolute atomic E-state index is 0.0138. The van der Waals surface area contributed by atoms with Crippen molar-refractivity contribution in [3.8, 4) is 11.5 Å². The van der Waals surface area contributed by atoms with Gasteiger partial charge in [0, 0.05) is 25.2 Å². The van der Waals surface area contributed by atoms with Crippen LogP contribution < -0.4 is 25.0 Å². The van der Waals surface area contributed by atoms with Gasteiger partial charge in [0.25, 0.3) is 0 Å². The van der Waals surface area contributed by atoms with Gasteiger partial charge in [-0.3, -0.25) is 4.79 Å². The highest BCUT2D eigenvalue weighted by molar-refractivity contribution is 5.96. The molecule has 0 unspecified atom stereocenters. The number of ether oxygens (including phenoxy) is 2. The zero-order valence-electron chi connectivity index (χ0n) is 15.0. The maximum atomic E-state index is 12.3. The highest BCUT2D eigenvalue weighted by Gasteiger charge is 2.31. The Morgan fingerprint density at radius 1 is 1.15 bits per heavy atom. The second-order valence-corrected chi connectivity index (χ2v) is 6.76. The van der Waals surface area contributed by atoms with Crippen LogP contribution in [0.25, 0.3) is 0 Å². The van der Waals surface area contributed by atoms with Crippen molar-refractivity contribution in [3.63, 3.8) is 0 Å². The number of nitrogens with one attached hydrogen (secondary N) is 2. The number of aryl methyl sites for hydroxylation is 1. The van der Waals surface area contributed by atoms with Gasteiger partial charge in [0.15, 0.2) is 11.5 Å². The fraction of sp³-hybridized carbons (Fsp3) is 0.300. The third-order valence-corrected chi connectivity index (χ3v) is 4.70. The van der Waals surface area contributed by atoms with Crippen LogP contribution in [0.5, 0.6) is 11.5 Å². The molecule has 7 heteroatoms. The summed E-state index contributed by atoms with van der Waals surface area (Å²) in [6.45, 7) is 3.06. The first-order chi connectivity index (χ1) is 13.1. The summed E-state index contributed by atoms with van der Waals surface area (Å²) in [6, 6.07) is 12.8. The molecule has 27 heavy (non-hydrogen) atoms. The van der Waals surface area contributed by atoms with Gasteiger partial charge < -0.3 is 25.0 Å². The number of hydrogen-bond donors (Lipinski definition) is 2. The molecule has 2 aromatic carbocycles. The lowest BCUT2D eigenvalue weighted by Gasteiger charge is -2.17. The first-order valence-corrected chi connectivity index (χ1v) is 8.88. The summed E-state index contributed by atoms with van der Waals surface area (Å²) in [5.74, 6) is 1.41. The van der Waals surface area contributed by atoms with Crippen LogP contribution in [0.3, 0.4) is 0 Å². The van der Waals surface area contributed by atoms with Crippen LogP contribution in [0, 0.1) is 6.92 Å². The average Bonchev–Trinajstić information content (AvgIpc) is 3.26. The van der Waals surface area contributed by atoms with E-state index in [1.165, 1.54) is 0 Å². The molecule has 0 spiro atoms. The van der Waals surface area contributed by atoms with Gasteiger partial charge in [0.1, 0.15) is 0 Å². The molecule has 140 valence electrons. The maximum Gasteiger partial charge on any atom is 0.315 e. The Bertz CT molecular complexity index is 866. The number of carbonyl (C=O) groups is 2. The summed E-state index contributed by atoms with van der Waals surface area (Å²) in [7, 11) is 0. The molecule has 2 aliphatic rings. The molecule has 0 aliphatic carbocycles. The Labute approximate surface area is 157 Å². The summed E-state index contributed by atoms with van der Waals surface area (Å²) in [5.41, 5.74) is 2.91. The van der Waals surface area contributed by atoms with Crippen LogP contribution >= 0.6 is 0 Å². The number of carbonyl (C=O) groups excluding carboxylic acids is 2. The second-order valence-electron chi connectivity index (χ2n) is 6.76. The topological polar surface area (TPSA) is 79.9 Å². The Morgan fingerprint density at radius 3 is 2.74 bits per heavy atom. The van der Waals surface area contributed by atoms with E-state index in [-0.39, 0.29) is 24.8 Å². The molecule has 0 aromatic heterocycles. The predicted molar refractivity (Wildman–Crippen MR) is 99.9 cm³/mol. The van der Waals surface area contributed by atoms with Crippen molar-refractivity contribution in [1.29, 1.82) is 0 Å². The molecule has 0 bridgehead atoms. The van der Waals surface area contributed by atoms with Crippen LogP contribution in [0.1, 0.15) is 17.5 Å². The van der Waals surface area contributed by atoms with Gasteiger partial charge in [-0.15, -0.1) is 0 Å². The number of fused-ring (bicyclic) bond motifs is 1. The number of nitrogens with zero attached hydrogens (tertiary/aromatic N) is 1. The van der Waals surface area contributed by atoms with Crippen molar-refractivity contribution in [2.24, 2.45) is 0 Å². The molecule has 0 radical (unpaired) electrons. The van der Waals surface area contributed by atoms with Gasteiger partial charge in [0.2, 0.25) is 12.7 Å². The van der Waals surface area contributed by atoms with Crippen molar-refractivity contribution in [1.82, 2.24) is 10.6 Å². The maximum absolute atomic E-state index is 12.3. The van der Waals surface area contributed by atoms with Crippen molar-refractivity contribution in [2.45, 2.75) is 25.9 Å². The quantitative estimate of drug-likeness (QED) is 0.869. The molecule has 1 saturated heterocycles. The summed E-state index contributed by atoms with van der Waals surface area (Å²) in [4.78, 5) is 26.2. The lowest BCUT2D eigenvalue weighted by Crippen LogP contribution is -2.43. The number of hydrogen-bond acceptors (Lipinski definition) is 4. The smallest absolute Gasteiger partial charge is 0.315 e. The van der Waals surface area contributed by atoms with E-state index >= 15 is 0 Å². The molecule has 2 aromatic rings. The number of urea groups is 1. The number of anilines is 1. The summed E-state index contributed by atoms with van der Waals surface area (Å²) in [5, 5.41) is 5.69. The molecule has 1 fully saturated rings. The third kappa shape index (κ3) is 3.81. The SMILES string of the molecule is Cc1ccc(N2C[C@@H](NC(=O)NCc3ccc4c(c3)OCO4)CC2=O)cc1. The van der Waals surface area contributed by atoms with Crippen LogP contribution in [-0.2, 0) is 11.3 Å². The zero-order chi connectivity index (χ0) is 18.8. The lowest BCUT2D eigenvalue weighted by atomic mass is 10.2. The van der Waals surface area contributed by atoms with Crippen LogP contribution in [-0.4, -0.2) is 31.3 Å². The van der Waals surface area contributed by atoms with Crippen LogP contribution in [0.15, 0.2) is 42.5 Å². The van der Waals surface area contributed by atoms with E-state index in [1.54, 1.807) is 4.90 Å². The first kappa shape index (κ1) is 17.2. The fourth-order valence-electron chi connectivity index (χ4n) is 3.25. The molecule has 2 heterocycles. The van der Waals surface area contributed by atoms with Crippen molar-refractivity contribution >= 4 is 17.6 Å². The monoisotopic (exact) mass is 367 g/mol. The van der Waals surface area contributed by atoms with E-state index in [4.69, 9.17) is 9.47 Å². The minimum Gasteiger partial charge on any atom is -0.454 e. The van der Waals surface area contributed by atoms with Crippen molar-refractivity contribution in [3.05, 3.63) is 53.6 Å². The van der Waals surface area contributed by atoms with Crippen molar-refractivity contribution in [2.75, 3.05) is 18.2 Å². The largest absolute Gasteiger partial charge is 0.454 e. The Morgan fingerprint density at radius 2 is 1.93 bits per heavy atom. The standard InChI is InChI=1S/C20H21N3O4/c1-13-2-5-16(6-3-13)23-11-15(9-19(23)24)22-20(25)21-10-14-4-7-17-18(8-14)27-12-26-17/h2-8,15H,9-12H2,1H3,(H2,21,22,25)/t15-/m0/s1.